The molecular weight excluding hydrogens is 344 g/mol. The van der Waals surface area contributed by atoms with Gasteiger partial charge in [-0.1, -0.05) is 20.8 Å². The Labute approximate surface area is 161 Å². The zero-order valence-electron chi connectivity index (χ0n) is 16.7. The third-order valence-electron chi connectivity index (χ3n) is 5.55. The highest BCUT2D eigenvalue weighted by molar-refractivity contribution is 5.74. The van der Waals surface area contributed by atoms with Crippen molar-refractivity contribution in [2.45, 2.75) is 64.5 Å². The van der Waals surface area contributed by atoms with Gasteiger partial charge in [0.05, 0.1) is 12.0 Å². The lowest BCUT2D eigenvalue weighted by atomic mass is 9.92. The second-order valence-corrected chi connectivity index (χ2v) is 8.78. The number of rotatable bonds is 3. The Morgan fingerprint density at radius 2 is 1.89 bits per heavy atom. The van der Waals surface area contributed by atoms with Gasteiger partial charge in [-0.25, -0.2) is 9.78 Å². The summed E-state index contributed by atoms with van der Waals surface area (Å²) in [6, 6.07) is 1.92. The van der Waals surface area contributed by atoms with Gasteiger partial charge < -0.3 is 15.0 Å². The average molecular weight is 377 g/mol. The molecule has 2 fully saturated rings. The van der Waals surface area contributed by atoms with Crippen LogP contribution in [0, 0.1) is 5.92 Å². The number of ether oxygens (including phenoxy) is 1. The van der Waals surface area contributed by atoms with Crippen LogP contribution >= 0.6 is 0 Å². The molecule has 150 valence electrons. The summed E-state index contributed by atoms with van der Waals surface area (Å²) < 4.78 is 7.04. The van der Waals surface area contributed by atoms with Crippen LogP contribution < -0.4 is 10.9 Å². The average Bonchev–Trinajstić information content (AvgIpc) is 2.64. The van der Waals surface area contributed by atoms with Crippen LogP contribution in [0.3, 0.4) is 0 Å². The Kier molecular flexibility index (Phi) is 6.19. The molecule has 3 heterocycles. The van der Waals surface area contributed by atoms with Gasteiger partial charge in [0.2, 0.25) is 0 Å². The molecule has 0 aromatic carbocycles. The van der Waals surface area contributed by atoms with Crippen molar-refractivity contribution in [1.82, 2.24) is 19.8 Å². The summed E-state index contributed by atoms with van der Waals surface area (Å²) in [5.74, 6) is 0.400. The fourth-order valence-corrected chi connectivity index (χ4v) is 3.68. The molecule has 2 aliphatic heterocycles. The number of amides is 2. The van der Waals surface area contributed by atoms with E-state index in [0.29, 0.717) is 12.5 Å². The van der Waals surface area contributed by atoms with E-state index in [4.69, 9.17) is 4.74 Å². The van der Waals surface area contributed by atoms with E-state index in [9.17, 15) is 9.59 Å². The van der Waals surface area contributed by atoms with Crippen molar-refractivity contribution in [3.8, 4) is 0 Å². The smallest absolute Gasteiger partial charge is 0.317 e. The summed E-state index contributed by atoms with van der Waals surface area (Å²) in [5.41, 5.74) is 0.708. The highest BCUT2D eigenvalue weighted by Crippen LogP contribution is 2.20. The molecule has 0 unspecified atom stereocenters. The SMILES string of the molecule is CC(C)(C)c1cc(=O)n(CC2CCN(C(=O)NC3CCOCC3)CC2)cn1. The molecule has 0 bridgehead atoms. The minimum absolute atomic E-state index is 0.00890. The second kappa shape index (κ2) is 8.42. The van der Waals surface area contributed by atoms with Crippen molar-refractivity contribution >= 4 is 6.03 Å². The fourth-order valence-electron chi connectivity index (χ4n) is 3.68. The van der Waals surface area contributed by atoms with Crippen molar-refractivity contribution in [2.24, 2.45) is 5.92 Å². The topological polar surface area (TPSA) is 76.5 Å². The van der Waals surface area contributed by atoms with Crippen LogP contribution in [0.2, 0.25) is 0 Å². The van der Waals surface area contributed by atoms with E-state index >= 15 is 0 Å². The number of hydrogen-bond acceptors (Lipinski definition) is 4. The van der Waals surface area contributed by atoms with Crippen molar-refractivity contribution in [3.63, 3.8) is 0 Å². The summed E-state index contributed by atoms with van der Waals surface area (Å²) in [5, 5.41) is 3.12. The predicted molar refractivity (Wildman–Crippen MR) is 104 cm³/mol. The van der Waals surface area contributed by atoms with Gasteiger partial charge in [-0.2, -0.15) is 0 Å². The Balaban J connectivity index is 1.49. The molecule has 1 aromatic rings. The number of nitrogens with zero attached hydrogens (tertiary/aromatic N) is 3. The summed E-state index contributed by atoms with van der Waals surface area (Å²) in [6.07, 6.45) is 5.28. The molecule has 2 aliphatic rings. The molecule has 0 atom stereocenters. The molecule has 0 spiro atoms. The van der Waals surface area contributed by atoms with Crippen LogP contribution in [0.1, 0.15) is 52.1 Å². The van der Waals surface area contributed by atoms with Gasteiger partial charge >= 0.3 is 6.03 Å². The van der Waals surface area contributed by atoms with Crippen molar-refractivity contribution in [3.05, 3.63) is 28.4 Å². The molecule has 0 saturated carbocycles. The first-order valence-electron chi connectivity index (χ1n) is 10.0. The standard InChI is InChI=1S/C20H32N4O3/c1-20(2,3)17-12-18(25)24(14-21-17)13-15-4-8-23(9-5-15)19(26)22-16-6-10-27-11-7-16/h12,14-16H,4-11,13H2,1-3H3,(H,22,26). The monoisotopic (exact) mass is 376 g/mol. The lowest BCUT2D eigenvalue weighted by Gasteiger charge is -2.34. The molecule has 1 N–H and O–H groups in total. The van der Waals surface area contributed by atoms with Crippen molar-refractivity contribution in [1.29, 1.82) is 0 Å². The lowest BCUT2D eigenvalue weighted by Crippen LogP contribution is -2.49. The van der Waals surface area contributed by atoms with Gasteiger partial charge in [0.15, 0.2) is 0 Å². The summed E-state index contributed by atoms with van der Waals surface area (Å²) in [7, 11) is 0. The van der Waals surface area contributed by atoms with Gasteiger partial charge in [0.25, 0.3) is 5.56 Å². The number of hydrogen-bond donors (Lipinski definition) is 1. The Bertz CT molecular complexity index is 696. The van der Waals surface area contributed by atoms with Gasteiger partial charge in [0, 0.05) is 50.4 Å². The number of urea groups is 1. The molecule has 7 heteroatoms. The lowest BCUT2D eigenvalue weighted by molar-refractivity contribution is 0.0770. The van der Waals surface area contributed by atoms with E-state index in [0.717, 1.165) is 57.7 Å². The predicted octanol–water partition coefficient (Wildman–Crippen LogP) is 2.14. The van der Waals surface area contributed by atoms with Gasteiger partial charge in [-0.15, -0.1) is 0 Å². The number of nitrogens with one attached hydrogen (secondary N) is 1. The maximum atomic E-state index is 12.4. The van der Waals surface area contributed by atoms with Crippen LogP contribution in [-0.4, -0.2) is 52.8 Å². The highest BCUT2D eigenvalue weighted by atomic mass is 16.5. The Morgan fingerprint density at radius 1 is 1.22 bits per heavy atom. The minimum atomic E-state index is -0.124. The summed E-state index contributed by atoms with van der Waals surface area (Å²) >= 11 is 0. The Hall–Kier alpha value is -1.89. The van der Waals surface area contributed by atoms with Crippen molar-refractivity contribution < 1.29 is 9.53 Å². The highest BCUT2D eigenvalue weighted by Gasteiger charge is 2.25. The van der Waals surface area contributed by atoms with Gasteiger partial charge in [-0.3, -0.25) is 9.36 Å². The number of carbonyl (C=O) groups excluding carboxylic acids is 1. The zero-order chi connectivity index (χ0) is 19.4. The maximum absolute atomic E-state index is 12.4. The van der Waals surface area contributed by atoms with Gasteiger partial charge in [0.1, 0.15) is 0 Å². The first-order chi connectivity index (χ1) is 12.8. The number of carbonyl (C=O) groups is 1. The fraction of sp³-hybridized carbons (Fsp3) is 0.750. The number of likely N-dealkylation sites (tertiary alicyclic amines) is 1. The van der Waals surface area contributed by atoms with Crippen LogP contribution in [0.4, 0.5) is 4.79 Å². The van der Waals surface area contributed by atoms with Crippen LogP contribution in [0.25, 0.3) is 0 Å². The van der Waals surface area contributed by atoms with E-state index in [-0.39, 0.29) is 23.0 Å². The molecule has 3 rings (SSSR count). The van der Waals surface area contributed by atoms with Crippen LogP contribution in [0.5, 0.6) is 0 Å². The normalized spacial score (nSPS) is 19.9. The maximum Gasteiger partial charge on any atom is 0.317 e. The van der Waals surface area contributed by atoms with Crippen LogP contribution in [0.15, 0.2) is 17.2 Å². The van der Waals surface area contributed by atoms with Crippen LogP contribution in [-0.2, 0) is 16.7 Å². The van der Waals surface area contributed by atoms with E-state index in [1.165, 1.54) is 0 Å². The first-order valence-corrected chi connectivity index (χ1v) is 10.0. The van der Waals surface area contributed by atoms with Gasteiger partial charge in [-0.05, 0) is 31.6 Å². The molecule has 1 aromatic heterocycles. The van der Waals surface area contributed by atoms with Crippen molar-refractivity contribution in [2.75, 3.05) is 26.3 Å². The quantitative estimate of drug-likeness (QED) is 0.877. The minimum Gasteiger partial charge on any atom is -0.381 e. The molecule has 2 saturated heterocycles. The summed E-state index contributed by atoms with van der Waals surface area (Å²) in [6.45, 7) is 9.77. The molecule has 0 radical (unpaired) electrons. The molecule has 7 nitrogen and oxygen atoms in total. The first kappa shape index (κ1) is 19.9. The largest absolute Gasteiger partial charge is 0.381 e. The number of aromatic nitrogens is 2. The van der Waals surface area contributed by atoms with E-state index in [1.54, 1.807) is 17.0 Å². The number of piperidine rings is 1. The van der Waals surface area contributed by atoms with E-state index < -0.39 is 0 Å². The molecule has 0 aliphatic carbocycles. The second-order valence-electron chi connectivity index (χ2n) is 8.78. The Morgan fingerprint density at radius 3 is 2.48 bits per heavy atom. The van der Waals surface area contributed by atoms with E-state index in [1.807, 2.05) is 4.90 Å². The molecular formula is C20H32N4O3. The third kappa shape index (κ3) is 5.31. The third-order valence-corrected chi connectivity index (χ3v) is 5.55. The summed E-state index contributed by atoms with van der Waals surface area (Å²) in [4.78, 5) is 31.2. The molecule has 2 amide bonds. The zero-order valence-corrected chi connectivity index (χ0v) is 16.7. The molecule has 27 heavy (non-hydrogen) atoms. The van der Waals surface area contributed by atoms with E-state index in [2.05, 4.69) is 31.1 Å².